The largest absolute Gasteiger partial charge is 0.460 e. The van der Waals surface area contributed by atoms with Crippen LogP contribution in [0.5, 0.6) is 0 Å². The second-order valence-corrected chi connectivity index (χ2v) is 15.8. The maximum atomic E-state index is 15.2. The predicted octanol–water partition coefficient (Wildman–Crippen LogP) is 11.1. The van der Waals surface area contributed by atoms with E-state index in [1.807, 2.05) is 6.92 Å². The molecule has 8 unspecified atom stereocenters. The second-order valence-electron chi connectivity index (χ2n) is 15.8. The maximum Gasteiger partial charge on any atom is 0.460 e. The Morgan fingerprint density at radius 2 is 1.38 bits per heavy atom. The minimum Gasteiger partial charge on any atom is -0.383 e. The van der Waals surface area contributed by atoms with Crippen molar-refractivity contribution in [3.63, 3.8) is 0 Å². The van der Waals surface area contributed by atoms with Gasteiger partial charge in [0.05, 0.1) is 0 Å². The first-order chi connectivity index (χ1) is 21.5. The van der Waals surface area contributed by atoms with Gasteiger partial charge in [-0.1, -0.05) is 47.5 Å². The fourth-order valence-corrected chi connectivity index (χ4v) is 9.61. The van der Waals surface area contributed by atoms with Crippen molar-refractivity contribution in [2.75, 3.05) is 6.61 Å². The molecule has 3 aliphatic carbocycles. The molecule has 0 aromatic carbocycles. The van der Waals surface area contributed by atoms with Crippen LogP contribution in [0.25, 0.3) is 0 Å². The Morgan fingerprint density at radius 1 is 0.792 bits per heavy atom. The smallest absolute Gasteiger partial charge is 0.383 e. The molecule has 3 saturated carbocycles. The van der Waals surface area contributed by atoms with E-state index >= 15 is 22.0 Å². The number of halogens is 12. The maximum absolute atomic E-state index is 15.2. The van der Waals surface area contributed by atoms with Crippen LogP contribution in [0.3, 0.4) is 0 Å². The van der Waals surface area contributed by atoms with Crippen molar-refractivity contribution in [2.45, 2.75) is 167 Å². The molecule has 0 aromatic rings. The van der Waals surface area contributed by atoms with Crippen LogP contribution in [0, 0.1) is 34.0 Å². The summed E-state index contributed by atoms with van der Waals surface area (Å²) >= 11 is 0. The highest BCUT2D eigenvalue weighted by Gasteiger charge is 2.86. The summed E-state index contributed by atoms with van der Waals surface area (Å²) in [5.41, 5.74) is -9.54. The Kier molecular flexibility index (Phi) is 11.2. The van der Waals surface area contributed by atoms with E-state index in [0.717, 1.165) is 6.42 Å². The molecule has 0 heterocycles. The van der Waals surface area contributed by atoms with Gasteiger partial charge in [-0.05, 0) is 99.7 Å². The van der Waals surface area contributed by atoms with Gasteiger partial charge < -0.3 is 14.6 Å². The third kappa shape index (κ3) is 6.38. The zero-order chi connectivity index (χ0) is 37.2. The van der Waals surface area contributed by atoms with Crippen LogP contribution in [-0.2, 0) is 9.47 Å². The fourth-order valence-electron chi connectivity index (χ4n) is 9.61. The number of rotatable bonds is 15. The molecule has 3 nitrogen and oxygen atoms in total. The first-order valence-electron chi connectivity index (χ1n) is 16.8. The van der Waals surface area contributed by atoms with Gasteiger partial charge in [-0.2, -0.15) is 52.7 Å². The van der Waals surface area contributed by atoms with E-state index < -0.39 is 88.0 Å². The van der Waals surface area contributed by atoms with Crippen LogP contribution in [0.15, 0.2) is 0 Å². The third-order valence-electron chi connectivity index (χ3n) is 12.6. The van der Waals surface area contributed by atoms with Gasteiger partial charge in [0, 0.05) is 12.5 Å². The van der Waals surface area contributed by atoms with Crippen molar-refractivity contribution >= 4 is 0 Å². The molecule has 0 aromatic heterocycles. The molecule has 3 rings (SSSR count). The van der Waals surface area contributed by atoms with Gasteiger partial charge in [-0.3, -0.25) is 0 Å². The van der Waals surface area contributed by atoms with E-state index in [9.17, 15) is 35.8 Å². The summed E-state index contributed by atoms with van der Waals surface area (Å²) in [4.78, 5) is 0. The number of alkyl halides is 12. The number of aliphatic hydroxyl groups is 1. The quantitative estimate of drug-likeness (QED) is 0.104. The van der Waals surface area contributed by atoms with E-state index in [1.54, 1.807) is 27.7 Å². The summed E-state index contributed by atoms with van der Waals surface area (Å²) in [7, 11) is 0. The number of ether oxygens (including phenoxy) is 2. The highest BCUT2D eigenvalue weighted by Crippen LogP contribution is 2.72. The van der Waals surface area contributed by atoms with Crippen molar-refractivity contribution in [3.8, 4) is 0 Å². The summed E-state index contributed by atoms with van der Waals surface area (Å²) in [5.74, 6) is -24.1. The second kappa shape index (κ2) is 12.9. The highest BCUT2D eigenvalue weighted by molar-refractivity contribution is 5.18. The molecule has 0 aliphatic heterocycles. The predicted molar refractivity (Wildman–Crippen MR) is 154 cm³/mol. The molecule has 3 fully saturated rings. The summed E-state index contributed by atoms with van der Waals surface area (Å²) < 4.78 is 182. The Balaban J connectivity index is 1.96. The van der Waals surface area contributed by atoms with E-state index in [0.29, 0.717) is 12.8 Å². The van der Waals surface area contributed by atoms with Crippen LogP contribution in [0.1, 0.15) is 119 Å². The average Bonchev–Trinajstić information content (AvgIpc) is 3.67. The van der Waals surface area contributed by atoms with Crippen molar-refractivity contribution in [1.29, 1.82) is 0 Å². The van der Waals surface area contributed by atoms with Gasteiger partial charge in [0.15, 0.2) is 11.9 Å². The molecule has 15 heteroatoms. The first kappa shape index (κ1) is 41.5. The fraction of sp³-hybridized carbons (Fsp3) is 1.00. The highest BCUT2D eigenvalue weighted by atomic mass is 19.4. The lowest BCUT2D eigenvalue weighted by molar-refractivity contribution is -0.420. The van der Waals surface area contributed by atoms with Crippen molar-refractivity contribution in [2.24, 2.45) is 34.0 Å². The monoisotopic (exact) mass is 722 g/mol. The van der Waals surface area contributed by atoms with Gasteiger partial charge in [-0.15, -0.1) is 0 Å². The van der Waals surface area contributed by atoms with Crippen LogP contribution >= 0.6 is 0 Å². The lowest BCUT2D eigenvalue weighted by atomic mass is 9.53. The summed E-state index contributed by atoms with van der Waals surface area (Å²) in [6.45, 7) is 10.6. The summed E-state index contributed by atoms with van der Waals surface area (Å²) in [6.07, 6.45) is -11.1. The summed E-state index contributed by atoms with van der Waals surface area (Å²) in [6, 6.07) is 0. The number of unbranched alkanes of at least 4 members (excludes halogenated alkanes) is 1. The molecule has 48 heavy (non-hydrogen) atoms. The average molecular weight is 723 g/mol. The molecule has 1 N–H and O–H groups in total. The van der Waals surface area contributed by atoms with Crippen molar-refractivity contribution in [1.82, 2.24) is 0 Å². The molecule has 0 amide bonds. The standard InChI is InChI=1S/C33H50F12O3/c1-8-10-16-47-20(3)48-28(32(40,41)42)14-11-12-23(28)25(6,9-2)19-24(4,5)27-15-13-21(17-27)22(18-27)26(7,46)29(34,35)30(36,37)31(38,39)33(43,44)45/h20-23,46H,8-19H2,1-7H3. The number of fused-ring (bicyclic) bond motifs is 2. The lowest BCUT2D eigenvalue weighted by Crippen LogP contribution is -2.70. The molecule has 284 valence electrons. The molecular formula is C33H50F12O3. The molecule has 0 spiro atoms. The molecule has 8 atom stereocenters. The summed E-state index contributed by atoms with van der Waals surface area (Å²) in [5, 5.41) is 10.9. The number of hydrogen-bond acceptors (Lipinski definition) is 3. The minimum atomic E-state index is -7.14. The van der Waals surface area contributed by atoms with E-state index in [-0.39, 0.29) is 58.5 Å². The van der Waals surface area contributed by atoms with Gasteiger partial charge in [0.25, 0.3) is 0 Å². The minimum absolute atomic E-state index is 0.0613. The van der Waals surface area contributed by atoms with E-state index in [1.165, 1.54) is 6.92 Å². The third-order valence-corrected chi connectivity index (χ3v) is 12.6. The van der Waals surface area contributed by atoms with Crippen LogP contribution in [-0.4, -0.2) is 59.3 Å². The van der Waals surface area contributed by atoms with Gasteiger partial charge in [0.1, 0.15) is 5.60 Å². The van der Waals surface area contributed by atoms with Crippen LogP contribution in [0.4, 0.5) is 52.7 Å². The zero-order valence-corrected chi connectivity index (χ0v) is 28.6. The Morgan fingerprint density at radius 3 is 1.88 bits per heavy atom. The van der Waals surface area contributed by atoms with Crippen molar-refractivity contribution in [3.05, 3.63) is 0 Å². The Hall–Kier alpha value is -0.960. The zero-order valence-electron chi connectivity index (χ0n) is 28.6. The van der Waals surface area contributed by atoms with Crippen LogP contribution in [0.2, 0.25) is 0 Å². The first-order valence-corrected chi connectivity index (χ1v) is 16.8. The molecule has 0 saturated heterocycles. The molecule has 3 aliphatic rings. The van der Waals surface area contributed by atoms with Gasteiger partial charge >= 0.3 is 30.1 Å². The molecule has 2 bridgehead atoms. The van der Waals surface area contributed by atoms with E-state index in [2.05, 4.69) is 0 Å². The van der Waals surface area contributed by atoms with Crippen LogP contribution < -0.4 is 0 Å². The molecular weight excluding hydrogens is 672 g/mol. The van der Waals surface area contributed by atoms with Gasteiger partial charge in [0.2, 0.25) is 0 Å². The molecule has 0 radical (unpaired) electrons. The topological polar surface area (TPSA) is 38.7 Å². The van der Waals surface area contributed by atoms with Crippen molar-refractivity contribution < 1.29 is 67.3 Å². The van der Waals surface area contributed by atoms with E-state index in [4.69, 9.17) is 9.47 Å². The lowest BCUT2D eigenvalue weighted by Gasteiger charge is -2.54. The SMILES string of the molecule is CCCCOC(C)OC1(C(F)(F)F)CCCC1C(C)(CC)CC(C)(C)C12CCC(C1)C(C(C)(O)C(F)(F)C(F)(F)C(F)(F)C(F)(F)F)C2. The Labute approximate surface area is 274 Å². The Bertz CT molecular complexity index is 1120. The van der Waals surface area contributed by atoms with Gasteiger partial charge in [-0.25, -0.2) is 0 Å². The normalized spacial score (nSPS) is 32.4. The number of hydrogen-bond donors (Lipinski definition) is 1.